The third kappa shape index (κ3) is 1.86. The highest BCUT2D eigenvalue weighted by atomic mass is 15.3. The van der Waals surface area contributed by atoms with Gasteiger partial charge in [-0.3, -0.25) is 0 Å². The third-order valence-corrected chi connectivity index (χ3v) is 3.51. The number of aromatic nitrogens is 3. The van der Waals surface area contributed by atoms with Crippen LogP contribution < -0.4 is 0 Å². The van der Waals surface area contributed by atoms with E-state index in [1.807, 2.05) is 6.33 Å². The lowest BCUT2D eigenvalue weighted by Gasteiger charge is -2.09. The zero-order chi connectivity index (χ0) is 11.8. The molecule has 1 aromatic heterocycles. The zero-order valence-corrected chi connectivity index (χ0v) is 10.2. The van der Waals surface area contributed by atoms with E-state index < -0.39 is 0 Å². The Balaban J connectivity index is 1.83. The molecule has 2 aromatic rings. The second-order valence-electron chi connectivity index (χ2n) is 5.05. The molecule has 0 saturated heterocycles. The third-order valence-electron chi connectivity index (χ3n) is 3.51. The van der Waals surface area contributed by atoms with Gasteiger partial charge in [-0.25, -0.2) is 0 Å². The van der Waals surface area contributed by atoms with Crippen molar-refractivity contribution < 1.29 is 0 Å². The maximum Gasteiger partial charge on any atom is 0.136 e. The number of nitrogens with zero attached hydrogens (tertiary/aromatic N) is 3. The topological polar surface area (TPSA) is 30.7 Å². The minimum atomic E-state index is 0.442. The average Bonchev–Trinajstić information content (AvgIpc) is 2.99. The second-order valence-corrected chi connectivity index (χ2v) is 5.05. The van der Waals surface area contributed by atoms with Gasteiger partial charge >= 0.3 is 0 Å². The molecule has 0 bridgehead atoms. The second kappa shape index (κ2) is 3.99. The molecule has 1 aromatic carbocycles. The summed E-state index contributed by atoms with van der Waals surface area (Å²) in [5, 5.41) is 8.33. The van der Waals surface area contributed by atoms with Crippen molar-refractivity contribution in [2.24, 2.45) is 0 Å². The van der Waals surface area contributed by atoms with Crippen LogP contribution in [-0.2, 0) is 0 Å². The summed E-state index contributed by atoms with van der Waals surface area (Å²) in [7, 11) is 0. The van der Waals surface area contributed by atoms with Crippen LogP contribution in [0.4, 0.5) is 0 Å². The van der Waals surface area contributed by atoms with E-state index in [2.05, 4.69) is 58.9 Å². The van der Waals surface area contributed by atoms with E-state index in [0.29, 0.717) is 17.9 Å². The highest BCUT2D eigenvalue weighted by Crippen LogP contribution is 2.54. The van der Waals surface area contributed by atoms with Gasteiger partial charge in [-0.2, -0.15) is 0 Å². The van der Waals surface area contributed by atoms with Gasteiger partial charge in [-0.15, -0.1) is 10.2 Å². The fourth-order valence-electron chi connectivity index (χ4n) is 2.46. The molecule has 88 valence electrons. The molecule has 2 unspecified atom stereocenters. The van der Waals surface area contributed by atoms with Crippen molar-refractivity contribution in [3.63, 3.8) is 0 Å². The summed E-state index contributed by atoms with van der Waals surface area (Å²) in [5.41, 5.74) is 1.43. The first-order valence-electron chi connectivity index (χ1n) is 6.21. The van der Waals surface area contributed by atoms with Gasteiger partial charge in [0.15, 0.2) is 0 Å². The minimum Gasteiger partial charge on any atom is -0.315 e. The number of hydrogen-bond donors (Lipinski definition) is 0. The van der Waals surface area contributed by atoms with Gasteiger partial charge in [-0.05, 0) is 31.7 Å². The molecule has 0 aliphatic heterocycles. The van der Waals surface area contributed by atoms with E-state index in [1.54, 1.807) is 0 Å². The summed E-state index contributed by atoms with van der Waals surface area (Å²) in [5.74, 6) is 2.34. The van der Waals surface area contributed by atoms with Crippen molar-refractivity contribution in [1.82, 2.24) is 14.8 Å². The fourth-order valence-corrected chi connectivity index (χ4v) is 2.46. The molecule has 0 spiro atoms. The molecule has 0 N–H and O–H groups in total. The smallest absolute Gasteiger partial charge is 0.136 e. The Bertz CT molecular complexity index is 501. The Morgan fingerprint density at radius 2 is 1.94 bits per heavy atom. The van der Waals surface area contributed by atoms with Gasteiger partial charge in [0.2, 0.25) is 0 Å². The number of hydrogen-bond acceptors (Lipinski definition) is 2. The van der Waals surface area contributed by atoms with Crippen LogP contribution in [0.25, 0.3) is 0 Å². The van der Waals surface area contributed by atoms with E-state index in [1.165, 1.54) is 12.0 Å². The highest BCUT2D eigenvalue weighted by Gasteiger charge is 2.42. The zero-order valence-electron chi connectivity index (χ0n) is 10.2. The van der Waals surface area contributed by atoms with Gasteiger partial charge < -0.3 is 4.57 Å². The predicted molar refractivity (Wildman–Crippen MR) is 66.9 cm³/mol. The quantitative estimate of drug-likeness (QED) is 0.806. The lowest BCUT2D eigenvalue weighted by Crippen LogP contribution is -2.04. The van der Waals surface area contributed by atoms with Crippen molar-refractivity contribution in [2.75, 3.05) is 0 Å². The van der Waals surface area contributed by atoms with Gasteiger partial charge in [0.05, 0.1) is 0 Å². The first kappa shape index (κ1) is 10.5. The molecule has 1 heterocycles. The van der Waals surface area contributed by atoms with E-state index in [-0.39, 0.29) is 0 Å². The monoisotopic (exact) mass is 227 g/mol. The average molecular weight is 227 g/mol. The Kier molecular flexibility index (Phi) is 2.46. The highest BCUT2D eigenvalue weighted by molar-refractivity contribution is 5.31. The molecule has 1 saturated carbocycles. The van der Waals surface area contributed by atoms with E-state index >= 15 is 0 Å². The lowest BCUT2D eigenvalue weighted by molar-refractivity contribution is 0.566. The molecule has 1 aliphatic carbocycles. The van der Waals surface area contributed by atoms with E-state index in [0.717, 1.165) is 5.82 Å². The summed E-state index contributed by atoms with van der Waals surface area (Å²) >= 11 is 0. The molecular formula is C14H17N3. The molecule has 1 aliphatic rings. The Morgan fingerprint density at radius 1 is 1.18 bits per heavy atom. The molecule has 3 rings (SSSR count). The summed E-state index contributed by atoms with van der Waals surface area (Å²) in [4.78, 5) is 0. The predicted octanol–water partition coefficient (Wildman–Crippen LogP) is 3.13. The van der Waals surface area contributed by atoms with Gasteiger partial charge in [0.1, 0.15) is 12.2 Å². The Labute approximate surface area is 101 Å². The van der Waals surface area contributed by atoms with Crippen molar-refractivity contribution in [3.8, 4) is 0 Å². The largest absolute Gasteiger partial charge is 0.315 e. The molecule has 2 atom stereocenters. The lowest BCUT2D eigenvalue weighted by atomic mass is 10.1. The fraction of sp³-hybridized carbons (Fsp3) is 0.429. The molecule has 3 heteroatoms. The number of rotatable bonds is 3. The van der Waals surface area contributed by atoms with Crippen LogP contribution in [-0.4, -0.2) is 14.8 Å². The van der Waals surface area contributed by atoms with Crippen molar-refractivity contribution in [2.45, 2.75) is 38.1 Å². The molecule has 17 heavy (non-hydrogen) atoms. The van der Waals surface area contributed by atoms with Crippen LogP contribution in [0, 0.1) is 0 Å². The van der Waals surface area contributed by atoms with Crippen molar-refractivity contribution >= 4 is 0 Å². The number of benzene rings is 1. The van der Waals surface area contributed by atoms with E-state index in [9.17, 15) is 0 Å². The minimum absolute atomic E-state index is 0.442. The van der Waals surface area contributed by atoms with Gasteiger partial charge in [-0.1, -0.05) is 30.3 Å². The molecule has 0 amide bonds. The van der Waals surface area contributed by atoms with Gasteiger partial charge in [0.25, 0.3) is 0 Å². The van der Waals surface area contributed by atoms with Crippen LogP contribution >= 0.6 is 0 Å². The van der Waals surface area contributed by atoms with E-state index in [4.69, 9.17) is 0 Å². The normalized spacial score (nSPS) is 23.0. The van der Waals surface area contributed by atoms with Crippen LogP contribution in [0.3, 0.4) is 0 Å². The van der Waals surface area contributed by atoms with Gasteiger partial charge in [0, 0.05) is 12.0 Å². The molecule has 1 fully saturated rings. The summed E-state index contributed by atoms with van der Waals surface area (Å²) in [6.07, 6.45) is 3.05. The maximum atomic E-state index is 4.29. The standard InChI is InChI=1S/C14H17N3/c1-10(2)17-9-15-16-14(17)13-8-12(13)11-6-4-3-5-7-11/h3-7,9-10,12-13H,8H2,1-2H3. The maximum absolute atomic E-state index is 4.29. The van der Waals surface area contributed by atoms with Crippen molar-refractivity contribution in [3.05, 3.63) is 48.0 Å². The van der Waals surface area contributed by atoms with Crippen molar-refractivity contribution in [1.29, 1.82) is 0 Å². The molecule has 3 nitrogen and oxygen atoms in total. The first-order valence-corrected chi connectivity index (χ1v) is 6.21. The summed E-state index contributed by atoms with van der Waals surface area (Å²) in [6.45, 7) is 4.35. The van der Waals surface area contributed by atoms with Crippen LogP contribution in [0.15, 0.2) is 36.7 Å². The summed E-state index contributed by atoms with van der Waals surface area (Å²) in [6, 6.07) is 11.1. The van der Waals surface area contributed by atoms with Crippen LogP contribution in [0.5, 0.6) is 0 Å². The van der Waals surface area contributed by atoms with Crippen LogP contribution in [0.1, 0.15) is 49.5 Å². The Hall–Kier alpha value is -1.64. The first-order chi connectivity index (χ1) is 8.27. The molecular weight excluding hydrogens is 210 g/mol. The molecule has 0 radical (unpaired) electrons. The van der Waals surface area contributed by atoms with Crippen LogP contribution in [0.2, 0.25) is 0 Å². The summed E-state index contributed by atoms with van der Waals surface area (Å²) < 4.78 is 2.19. The Morgan fingerprint density at radius 3 is 2.65 bits per heavy atom. The SMILES string of the molecule is CC(C)n1cnnc1C1CC1c1ccccc1.